The second-order valence-corrected chi connectivity index (χ2v) is 5.83. The van der Waals surface area contributed by atoms with Gasteiger partial charge in [-0.1, -0.05) is 36.1 Å². The Morgan fingerprint density at radius 3 is 1.70 bits per heavy atom. The molecule has 0 spiro atoms. The van der Waals surface area contributed by atoms with Gasteiger partial charge in [-0.25, -0.2) is 0 Å². The Labute approximate surface area is 158 Å². The SMILES string of the molecule is C.C.C.CC(C)N1CCCC1.CC(C)c1ccsc1.[Y]. The number of hydrogen-bond donors (Lipinski definition) is 0. The largest absolute Gasteiger partial charge is 0.301 e. The van der Waals surface area contributed by atoms with Gasteiger partial charge in [-0.05, 0) is 68.1 Å². The fraction of sp³-hybridized carbons (Fsp3) is 0.765. The summed E-state index contributed by atoms with van der Waals surface area (Å²) in [6.45, 7) is 11.6. The van der Waals surface area contributed by atoms with Crippen LogP contribution < -0.4 is 0 Å². The van der Waals surface area contributed by atoms with E-state index in [9.17, 15) is 0 Å². The van der Waals surface area contributed by atoms with Crippen LogP contribution in [0.1, 0.15) is 74.3 Å². The number of likely N-dealkylation sites (tertiary alicyclic amines) is 1. The molecule has 0 unspecified atom stereocenters. The van der Waals surface area contributed by atoms with Crippen molar-refractivity contribution in [1.29, 1.82) is 0 Å². The summed E-state index contributed by atoms with van der Waals surface area (Å²) >= 11 is 1.77. The zero-order valence-corrected chi connectivity index (χ0v) is 15.3. The van der Waals surface area contributed by atoms with Crippen molar-refractivity contribution in [3.05, 3.63) is 22.4 Å². The number of thiophene rings is 1. The van der Waals surface area contributed by atoms with E-state index in [-0.39, 0.29) is 55.0 Å². The monoisotopic (exact) mass is 376 g/mol. The fourth-order valence-electron chi connectivity index (χ4n) is 1.86. The van der Waals surface area contributed by atoms with Crippen LogP contribution in [-0.2, 0) is 32.7 Å². The van der Waals surface area contributed by atoms with Crippen molar-refractivity contribution in [1.82, 2.24) is 4.90 Å². The van der Waals surface area contributed by atoms with Crippen LogP contribution in [0.2, 0.25) is 0 Å². The molecule has 1 aliphatic rings. The van der Waals surface area contributed by atoms with Crippen LogP contribution in [-0.4, -0.2) is 24.0 Å². The molecule has 1 radical (unpaired) electrons. The molecule has 0 atom stereocenters. The van der Waals surface area contributed by atoms with E-state index < -0.39 is 0 Å². The summed E-state index contributed by atoms with van der Waals surface area (Å²) in [6.07, 6.45) is 2.83. The van der Waals surface area contributed by atoms with Crippen LogP contribution in [0.5, 0.6) is 0 Å². The molecule has 0 saturated carbocycles. The van der Waals surface area contributed by atoms with E-state index in [2.05, 4.69) is 49.4 Å². The zero-order chi connectivity index (χ0) is 12.0. The van der Waals surface area contributed by atoms with Crippen molar-refractivity contribution in [2.75, 3.05) is 13.1 Å². The third-order valence-corrected chi connectivity index (χ3v) is 3.78. The Kier molecular flexibility index (Phi) is 23.3. The normalized spacial score (nSPS) is 13.3. The number of rotatable bonds is 2. The van der Waals surface area contributed by atoms with Crippen LogP contribution in [0.4, 0.5) is 0 Å². The zero-order valence-electron chi connectivity index (χ0n) is 11.6. The molecule has 3 heteroatoms. The van der Waals surface area contributed by atoms with E-state index in [4.69, 9.17) is 0 Å². The molecule has 1 fully saturated rings. The predicted octanol–water partition coefficient (Wildman–Crippen LogP) is 6.27. The van der Waals surface area contributed by atoms with Crippen LogP contribution in [0.15, 0.2) is 16.8 Å². The van der Waals surface area contributed by atoms with E-state index in [1.807, 2.05) is 0 Å². The predicted molar refractivity (Wildman–Crippen MR) is 94.5 cm³/mol. The summed E-state index contributed by atoms with van der Waals surface area (Å²) in [5, 5.41) is 4.32. The second kappa shape index (κ2) is 16.1. The summed E-state index contributed by atoms with van der Waals surface area (Å²) in [7, 11) is 0. The minimum Gasteiger partial charge on any atom is -0.301 e. The average Bonchev–Trinajstić information content (AvgIpc) is 2.93. The molecular weight excluding hydrogens is 339 g/mol. The van der Waals surface area contributed by atoms with Gasteiger partial charge in [-0.2, -0.15) is 11.3 Å². The molecule has 0 amide bonds. The van der Waals surface area contributed by atoms with E-state index in [1.165, 1.54) is 31.5 Å². The molecular formula is C17H37NSY. The van der Waals surface area contributed by atoms with Gasteiger partial charge in [0.1, 0.15) is 0 Å². The van der Waals surface area contributed by atoms with E-state index >= 15 is 0 Å². The molecule has 1 saturated heterocycles. The topological polar surface area (TPSA) is 3.24 Å². The number of hydrogen-bond acceptors (Lipinski definition) is 2. The van der Waals surface area contributed by atoms with Crippen molar-refractivity contribution < 1.29 is 32.7 Å². The van der Waals surface area contributed by atoms with Gasteiger partial charge >= 0.3 is 0 Å². The van der Waals surface area contributed by atoms with Crippen LogP contribution in [0.25, 0.3) is 0 Å². The second-order valence-electron chi connectivity index (χ2n) is 5.05. The Morgan fingerprint density at radius 1 is 1.00 bits per heavy atom. The van der Waals surface area contributed by atoms with Gasteiger partial charge in [-0.3, -0.25) is 0 Å². The maximum atomic E-state index is 2.53. The van der Waals surface area contributed by atoms with E-state index in [1.54, 1.807) is 11.3 Å². The summed E-state index contributed by atoms with van der Waals surface area (Å²) in [4.78, 5) is 2.53. The molecule has 1 aromatic rings. The number of nitrogens with zero attached hydrogens (tertiary/aromatic N) is 1. The van der Waals surface area contributed by atoms with Crippen LogP contribution >= 0.6 is 11.3 Å². The Balaban J connectivity index is -0.000000107. The minimum atomic E-state index is 0. The van der Waals surface area contributed by atoms with Crippen LogP contribution in [0, 0.1) is 0 Å². The van der Waals surface area contributed by atoms with Crippen LogP contribution in [0.3, 0.4) is 0 Å². The fourth-order valence-corrected chi connectivity index (χ4v) is 2.68. The van der Waals surface area contributed by atoms with E-state index in [0.29, 0.717) is 5.92 Å². The first-order valence-electron chi connectivity index (χ1n) is 6.37. The third kappa shape index (κ3) is 11.4. The van der Waals surface area contributed by atoms with Crippen molar-refractivity contribution in [2.24, 2.45) is 0 Å². The van der Waals surface area contributed by atoms with Gasteiger partial charge in [0.25, 0.3) is 0 Å². The standard InChI is InChI=1S/C7H15N.C7H10S.3CH4.Y/c1-7(2)8-5-3-4-6-8;1-6(2)7-3-4-8-5-7;;;;/h7H,3-6H2,1-2H3;3-6H,1-2H3;3*1H4;. The maximum absolute atomic E-state index is 2.53. The van der Waals surface area contributed by atoms with Crippen molar-refractivity contribution in [3.63, 3.8) is 0 Å². The first-order chi connectivity index (χ1) is 7.61. The molecule has 0 bridgehead atoms. The summed E-state index contributed by atoms with van der Waals surface area (Å²) in [6, 6.07) is 2.95. The molecule has 0 aliphatic carbocycles. The molecule has 1 aromatic heterocycles. The minimum absolute atomic E-state index is 0. The van der Waals surface area contributed by atoms with Crippen molar-refractivity contribution in [3.8, 4) is 0 Å². The maximum Gasteiger partial charge on any atom is 0.00385 e. The summed E-state index contributed by atoms with van der Waals surface area (Å²) in [5.41, 5.74) is 1.45. The first kappa shape index (κ1) is 28.9. The Morgan fingerprint density at radius 2 is 1.50 bits per heavy atom. The Hall–Kier alpha value is 0.764. The Bertz CT molecular complexity index is 265. The molecule has 0 N–H and O–H groups in total. The molecule has 0 aromatic carbocycles. The van der Waals surface area contributed by atoms with Gasteiger partial charge in [0.2, 0.25) is 0 Å². The van der Waals surface area contributed by atoms with Gasteiger partial charge in [0.15, 0.2) is 0 Å². The summed E-state index contributed by atoms with van der Waals surface area (Å²) < 4.78 is 0. The molecule has 1 aliphatic heterocycles. The van der Waals surface area contributed by atoms with E-state index in [0.717, 1.165) is 6.04 Å². The molecule has 2 heterocycles. The molecule has 2 rings (SSSR count). The van der Waals surface area contributed by atoms with Crippen molar-refractivity contribution in [2.45, 2.75) is 74.8 Å². The first-order valence-corrected chi connectivity index (χ1v) is 7.31. The molecule has 20 heavy (non-hydrogen) atoms. The van der Waals surface area contributed by atoms with Gasteiger partial charge < -0.3 is 4.90 Å². The molecule has 1 nitrogen and oxygen atoms in total. The van der Waals surface area contributed by atoms with Gasteiger partial charge in [0, 0.05) is 38.8 Å². The summed E-state index contributed by atoms with van der Waals surface area (Å²) in [5.74, 6) is 0.696. The van der Waals surface area contributed by atoms with Crippen molar-refractivity contribution >= 4 is 11.3 Å². The van der Waals surface area contributed by atoms with Gasteiger partial charge in [-0.15, -0.1) is 0 Å². The van der Waals surface area contributed by atoms with Gasteiger partial charge in [0.05, 0.1) is 0 Å². The average molecular weight is 376 g/mol. The quantitative estimate of drug-likeness (QED) is 0.588. The third-order valence-electron chi connectivity index (χ3n) is 3.08. The molecule has 119 valence electrons. The smallest absolute Gasteiger partial charge is 0.00385 e.